The predicted molar refractivity (Wildman–Crippen MR) is 115 cm³/mol. The van der Waals surface area contributed by atoms with Crippen molar-refractivity contribution in [3.05, 3.63) is 50.9 Å². The van der Waals surface area contributed by atoms with Crippen LogP contribution < -0.4 is 5.32 Å². The molecule has 0 aliphatic rings. The van der Waals surface area contributed by atoms with Crippen LogP contribution in [0.2, 0.25) is 0 Å². The van der Waals surface area contributed by atoms with Crippen LogP contribution in [0.4, 0.5) is 5.00 Å². The van der Waals surface area contributed by atoms with Gasteiger partial charge in [0.15, 0.2) is 0 Å². The highest BCUT2D eigenvalue weighted by Crippen LogP contribution is 2.34. The first kappa shape index (κ1) is 23.6. The second-order valence-corrected chi connectivity index (χ2v) is 7.69. The quantitative estimate of drug-likeness (QED) is 0.597. The molecule has 7 nitrogen and oxygen atoms in total. The lowest BCUT2D eigenvalue weighted by molar-refractivity contribution is -0.121. The molecule has 30 heavy (non-hydrogen) atoms. The number of hydrogen-bond donors (Lipinski definition) is 1. The number of nitrogens with one attached hydrogen (secondary N) is 1. The maximum absolute atomic E-state index is 12.4. The fourth-order valence-electron chi connectivity index (χ4n) is 2.87. The van der Waals surface area contributed by atoms with Gasteiger partial charge >= 0.3 is 11.9 Å². The van der Waals surface area contributed by atoms with Gasteiger partial charge in [-0.25, -0.2) is 9.59 Å². The van der Waals surface area contributed by atoms with E-state index in [4.69, 9.17) is 14.2 Å². The molecule has 0 fully saturated rings. The Morgan fingerprint density at radius 2 is 1.67 bits per heavy atom. The molecular formula is C22H27NO6S. The molecule has 0 saturated carbocycles. The molecule has 0 bridgehead atoms. The molecule has 1 aromatic heterocycles. The van der Waals surface area contributed by atoms with Gasteiger partial charge < -0.3 is 19.5 Å². The lowest BCUT2D eigenvalue weighted by Crippen LogP contribution is -2.19. The van der Waals surface area contributed by atoms with Gasteiger partial charge in [-0.05, 0) is 51.3 Å². The van der Waals surface area contributed by atoms with E-state index < -0.39 is 17.8 Å². The number of amides is 1. The molecule has 0 aliphatic carbocycles. The summed E-state index contributed by atoms with van der Waals surface area (Å²) < 4.78 is 15.6. The maximum Gasteiger partial charge on any atom is 0.348 e. The maximum atomic E-state index is 12.4. The molecule has 0 aliphatic heterocycles. The van der Waals surface area contributed by atoms with E-state index in [0.717, 1.165) is 28.0 Å². The van der Waals surface area contributed by atoms with E-state index in [1.54, 1.807) is 20.8 Å². The molecule has 2 aromatic rings. The third-order valence-corrected chi connectivity index (χ3v) is 5.52. The smallest absolute Gasteiger partial charge is 0.348 e. The number of esters is 2. The minimum absolute atomic E-state index is 0.160. The number of ether oxygens (including phenoxy) is 3. The molecule has 1 N–H and O–H groups in total. The Morgan fingerprint density at radius 1 is 1.00 bits per heavy atom. The Kier molecular flexibility index (Phi) is 8.56. The highest BCUT2D eigenvalue weighted by Gasteiger charge is 2.27. The summed E-state index contributed by atoms with van der Waals surface area (Å²) in [6, 6.07) is 6.01. The molecule has 0 atom stereocenters. The van der Waals surface area contributed by atoms with E-state index in [-0.39, 0.29) is 35.3 Å². The topological polar surface area (TPSA) is 90.9 Å². The summed E-state index contributed by atoms with van der Waals surface area (Å²) >= 11 is 0.988. The van der Waals surface area contributed by atoms with Crippen molar-refractivity contribution in [2.75, 3.05) is 25.1 Å². The van der Waals surface area contributed by atoms with Crippen LogP contribution in [0.3, 0.4) is 0 Å². The Bertz CT molecular complexity index is 934. The summed E-state index contributed by atoms with van der Waals surface area (Å²) in [5, 5.41) is 2.91. The van der Waals surface area contributed by atoms with Crippen LogP contribution in [0.1, 0.15) is 56.1 Å². The number of carbonyl (C=O) groups excluding carboxylic acids is 3. The number of hydrogen-bond acceptors (Lipinski definition) is 7. The van der Waals surface area contributed by atoms with Gasteiger partial charge in [-0.2, -0.15) is 0 Å². The van der Waals surface area contributed by atoms with Crippen molar-refractivity contribution >= 4 is 34.2 Å². The lowest BCUT2D eigenvalue weighted by Gasteiger charge is -2.09. The average Bonchev–Trinajstić information content (AvgIpc) is 3.00. The van der Waals surface area contributed by atoms with E-state index >= 15 is 0 Å². The Hall–Kier alpha value is -2.71. The van der Waals surface area contributed by atoms with Crippen LogP contribution in [0.25, 0.3) is 0 Å². The molecule has 1 aromatic carbocycles. The van der Waals surface area contributed by atoms with Crippen molar-refractivity contribution < 1.29 is 28.6 Å². The molecule has 1 heterocycles. The van der Waals surface area contributed by atoms with Gasteiger partial charge in [-0.3, -0.25) is 4.79 Å². The average molecular weight is 434 g/mol. The van der Waals surface area contributed by atoms with Gasteiger partial charge in [0.1, 0.15) is 16.5 Å². The number of benzene rings is 1. The van der Waals surface area contributed by atoms with Crippen LogP contribution in [0.15, 0.2) is 18.2 Å². The number of rotatable bonds is 9. The van der Waals surface area contributed by atoms with Crippen molar-refractivity contribution in [1.29, 1.82) is 0 Å². The van der Waals surface area contributed by atoms with Crippen LogP contribution in [0, 0.1) is 20.8 Å². The highest BCUT2D eigenvalue weighted by atomic mass is 32.1. The highest BCUT2D eigenvalue weighted by molar-refractivity contribution is 7.18. The summed E-state index contributed by atoms with van der Waals surface area (Å²) in [5.74, 6) is -1.58. The minimum Gasteiger partial charge on any atom is -0.462 e. The number of thiophene rings is 1. The van der Waals surface area contributed by atoms with E-state index in [2.05, 4.69) is 11.4 Å². The first-order chi connectivity index (χ1) is 14.3. The Labute approximate surface area is 180 Å². The third kappa shape index (κ3) is 5.90. The first-order valence-corrected chi connectivity index (χ1v) is 10.5. The fourth-order valence-corrected chi connectivity index (χ4v) is 3.97. The second-order valence-electron chi connectivity index (χ2n) is 6.67. The van der Waals surface area contributed by atoms with Crippen LogP contribution in [-0.2, 0) is 25.6 Å². The van der Waals surface area contributed by atoms with Crippen LogP contribution >= 0.6 is 11.3 Å². The van der Waals surface area contributed by atoms with Crippen molar-refractivity contribution in [1.82, 2.24) is 0 Å². The van der Waals surface area contributed by atoms with Gasteiger partial charge in [0.05, 0.1) is 25.4 Å². The standard InChI is InChI=1S/C22H27NO6S/c1-6-28-21(25)18-15(5)19(22(26)29-7-2)30-20(18)23-17(24)12-27-11-16-9-8-13(3)10-14(16)4/h8-10H,6-7,11-12H2,1-5H3,(H,23,24). The molecule has 0 saturated heterocycles. The second kappa shape index (κ2) is 10.9. The van der Waals surface area contributed by atoms with E-state index in [1.807, 2.05) is 26.0 Å². The summed E-state index contributed by atoms with van der Waals surface area (Å²) in [7, 11) is 0. The van der Waals surface area contributed by atoms with Crippen molar-refractivity contribution in [2.24, 2.45) is 0 Å². The minimum atomic E-state index is -0.603. The SMILES string of the molecule is CCOC(=O)c1sc(NC(=O)COCc2ccc(C)cc2C)c(C(=O)OCC)c1C. The molecule has 0 unspecified atom stereocenters. The van der Waals surface area contributed by atoms with Gasteiger partial charge in [-0.1, -0.05) is 23.8 Å². The monoisotopic (exact) mass is 433 g/mol. The molecular weight excluding hydrogens is 406 g/mol. The summed E-state index contributed by atoms with van der Waals surface area (Å²) in [4.78, 5) is 37.2. The lowest BCUT2D eigenvalue weighted by atomic mass is 10.1. The number of anilines is 1. The summed E-state index contributed by atoms with van der Waals surface area (Å²) in [5.41, 5.74) is 3.83. The van der Waals surface area contributed by atoms with E-state index in [1.165, 1.54) is 0 Å². The summed E-state index contributed by atoms with van der Waals surface area (Å²) in [6.07, 6.45) is 0. The summed E-state index contributed by atoms with van der Waals surface area (Å²) in [6.45, 7) is 9.49. The fraction of sp³-hybridized carbons (Fsp3) is 0.409. The number of carbonyl (C=O) groups is 3. The van der Waals surface area contributed by atoms with E-state index in [9.17, 15) is 14.4 Å². The zero-order valence-electron chi connectivity index (χ0n) is 17.9. The van der Waals surface area contributed by atoms with Crippen molar-refractivity contribution in [3.63, 3.8) is 0 Å². The zero-order chi connectivity index (χ0) is 22.3. The Morgan fingerprint density at radius 3 is 2.30 bits per heavy atom. The molecule has 162 valence electrons. The van der Waals surface area contributed by atoms with E-state index in [0.29, 0.717) is 12.2 Å². The molecule has 2 rings (SSSR count). The number of aryl methyl sites for hydroxylation is 2. The normalized spacial score (nSPS) is 10.6. The van der Waals surface area contributed by atoms with Gasteiger partial charge in [-0.15, -0.1) is 11.3 Å². The van der Waals surface area contributed by atoms with Crippen molar-refractivity contribution in [2.45, 2.75) is 41.2 Å². The van der Waals surface area contributed by atoms with Gasteiger partial charge in [0.2, 0.25) is 0 Å². The molecule has 0 spiro atoms. The van der Waals surface area contributed by atoms with Gasteiger partial charge in [0, 0.05) is 0 Å². The molecule has 1 amide bonds. The third-order valence-electron chi connectivity index (χ3n) is 4.33. The van der Waals surface area contributed by atoms with Crippen molar-refractivity contribution in [3.8, 4) is 0 Å². The van der Waals surface area contributed by atoms with Gasteiger partial charge in [0.25, 0.3) is 5.91 Å². The van der Waals surface area contributed by atoms with Crippen LogP contribution in [0.5, 0.6) is 0 Å². The Balaban J connectivity index is 2.11. The molecule has 8 heteroatoms. The first-order valence-electron chi connectivity index (χ1n) is 9.69. The molecule has 0 radical (unpaired) electrons. The zero-order valence-corrected chi connectivity index (χ0v) is 18.7. The van der Waals surface area contributed by atoms with Crippen LogP contribution in [-0.4, -0.2) is 37.7 Å². The predicted octanol–water partition coefficient (Wildman–Crippen LogP) is 4.18. The largest absolute Gasteiger partial charge is 0.462 e.